The van der Waals surface area contributed by atoms with Gasteiger partial charge in [0.05, 0.1) is 18.0 Å². The highest BCUT2D eigenvalue weighted by molar-refractivity contribution is 6.31. The van der Waals surface area contributed by atoms with Crippen LogP contribution in [0.5, 0.6) is 0 Å². The summed E-state index contributed by atoms with van der Waals surface area (Å²) in [7, 11) is 3.40. The summed E-state index contributed by atoms with van der Waals surface area (Å²) in [6.45, 7) is 3.07. The van der Waals surface area contributed by atoms with Gasteiger partial charge >= 0.3 is 0 Å². The minimum absolute atomic E-state index is 0.653. The largest absolute Gasteiger partial charge is 0.397 e. The molecule has 0 saturated carbocycles. The summed E-state index contributed by atoms with van der Waals surface area (Å²) in [5.74, 6) is 0. The highest BCUT2D eigenvalue weighted by atomic mass is 35.5. The minimum atomic E-state index is 0.653. The van der Waals surface area contributed by atoms with Gasteiger partial charge in [-0.3, -0.25) is 0 Å². The Morgan fingerprint density at radius 1 is 1.17 bits per heavy atom. The third-order valence-electron chi connectivity index (χ3n) is 2.67. The van der Waals surface area contributed by atoms with Gasteiger partial charge in [0.1, 0.15) is 0 Å². The number of hydrogen-bond acceptors (Lipinski definition) is 4. The summed E-state index contributed by atoms with van der Waals surface area (Å²) < 4.78 is 10.2. The monoisotopic (exact) mass is 272 g/mol. The molecule has 0 atom stereocenters. The van der Waals surface area contributed by atoms with Gasteiger partial charge in [-0.25, -0.2) is 0 Å². The Morgan fingerprint density at radius 2 is 1.89 bits per heavy atom. The van der Waals surface area contributed by atoms with E-state index in [1.807, 2.05) is 12.1 Å². The van der Waals surface area contributed by atoms with Gasteiger partial charge in [-0.15, -0.1) is 0 Å². The average Bonchev–Trinajstić information content (AvgIpc) is 2.34. The molecule has 0 unspecified atom stereocenters. The van der Waals surface area contributed by atoms with E-state index in [1.54, 1.807) is 20.3 Å². The van der Waals surface area contributed by atoms with Crippen LogP contribution in [0.15, 0.2) is 18.2 Å². The molecule has 0 aliphatic carbocycles. The molecule has 1 aromatic rings. The minimum Gasteiger partial charge on any atom is -0.397 e. The molecular formula is C13H21ClN2O2. The maximum atomic E-state index is 6.00. The molecule has 0 saturated heterocycles. The second-order valence-electron chi connectivity index (χ2n) is 4.03. The number of nitrogens with two attached hydrogens (primary N) is 1. The van der Waals surface area contributed by atoms with Crippen LogP contribution < -0.4 is 10.6 Å². The Bertz CT molecular complexity index is 361. The van der Waals surface area contributed by atoms with Crippen molar-refractivity contribution < 1.29 is 9.47 Å². The van der Waals surface area contributed by atoms with Gasteiger partial charge in [0.15, 0.2) is 0 Å². The molecule has 4 nitrogen and oxygen atoms in total. The summed E-state index contributed by atoms with van der Waals surface area (Å²) in [6.07, 6.45) is 0.947. The molecule has 0 radical (unpaired) electrons. The molecule has 0 heterocycles. The smallest absolute Gasteiger partial charge is 0.0637 e. The number of anilines is 2. The highest BCUT2D eigenvalue weighted by Gasteiger charge is 2.09. The number of hydrogen-bond donors (Lipinski definition) is 1. The molecule has 2 N–H and O–H groups in total. The van der Waals surface area contributed by atoms with Gasteiger partial charge in [-0.2, -0.15) is 0 Å². The maximum Gasteiger partial charge on any atom is 0.0637 e. The van der Waals surface area contributed by atoms with E-state index < -0.39 is 0 Å². The summed E-state index contributed by atoms with van der Waals surface area (Å²) in [5.41, 5.74) is 7.68. The third-order valence-corrected chi connectivity index (χ3v) is 2.91. The van der Waals surface area contributed by atoms with Gasteiger partial charge in [0.25, 0.3) is 0 Å². The third kappa shape index (κ3) is 4.72. The van der Waals surface area contributed by atoms with Crippen LogP contribution in [0.3, 0.4) is 0 Å². The van der Waals surface area contributed by atoms with Crippen molar-refractivity contribution in [2.24, 2.45) is 0 Å². The van der Waals surface area contributed by atoms with E-state index in [9.17, 15) is 0 Å². The van der Waals surface area contributed by atoms with Crippen molar-refractivity contribution in [2.45, 2.75) is 6.42 Å². The van der Waals surface area contributed by atoms with Crippen molar-refractivity contribution in [2.75, 3.05) is 51.2 Å². The fourth-order valence-electron chi connectivity index (χ4n) is 1.77. The van der Waals surface area contributed by atoms with Crippen molar-refractivity contribution >= 4 is 23.0 Å². The van der Waals surface area contributed by atoms with Crippen molar-refractivity contribution in [1.82, 2.24) is 0 Å². The fraction of sp³-hybridized carbons (Fsp3) is 0.538. The molecule has 1 aromatic carbocycles. The Hall–Kier alpha value is -0.970. The van der Waals surface area contributed by atoms with Crippen molar-refractivity contribution in [3.8, 4) is 0 Å². The topological polar surface area (TPSA) is 47.7 Å². The SMILES string of the molecule is COCCCN(CCOC)c1ccc(Cl)cc1N. The summed E-state index contributed by atoms with van der Waals surface area (Å²) in [5, 5.41) is 0.653. The predicted octanol–water partition coefficient (Wildman–Crippen LogP) is 2.41. The lowest BCUT2D eigenvalue weighted by Crippen LogP contribution is -2.29. The zero-order valence-electron chi connectivity index (χ0n) is 11.0. The lowest BCUT2D eigenvalue weighted by Gasteiger charge is -2.26. The maximum absolute atomic E-state index is 6.00. The number of ether oxygens (including phenoxy) is 2. The molecule has 0 spiro atoms. The molecule has 0 aliphatic heterocycles. The molecule has 0 fully saturated rings. The second-order valence-corrected chi connectivity index (χ2v) is 4.47. The normalized spacial score (nSPS) is 10.6. The van der Waals surface area contributed by atoms with Crippen molar-refractivity contribution in [1.29, 1.82) is 0 Å². The van der Waals surface area contributed by atoms with E-state index in [1.165, 1.54) is 0 Å². The van der Waals surface area contributed by atoms with E-state index in [0.717, 1.165) is 31.8 Å². The molecule has 0 amide bonds. The molecule has 0 bridgehead atoms. The number of benzene rings is 1. The number of nitrogens with zero attached hydrogens (tertiary/aromatic N) is 1. The van der Waals surface area contributed by atoms with E-state index in [4.69, 9.17) is 26.8 Å². The quantitative estimate of drug-likeness (QED) is 0.583. The van der Waals surface area contributed by atoms with Crippen LogP contribution in [-0.2, 0) is 9.47 Å². The van der Waals surface area contributed by atoms with Gasteiger partial charge in [0, 0.05) is 38.9 Å². The molecule has 5 heteroatoms. The van der Waals surface area contributed by atoms with Crippen molar-refractivity contribution in [3.63, 3.8) is 0 Å². The van der Waals surface area contributed by atoms with Gasteiger partial charge < -0.3 is 20.1 Å². The van der Waals surface area contributed by atoms with Gasteiger partial charge in [-0.05, 0) is 24.6 Å². The highest BCUT2D eigenvalue weighted by Crippen LogP contribution is 2.26. The Labute approximate surface area is 114 Å². The van der Waals surface area contributed by atoms with Crippen LogP contribution in [0.25, 0.3) is 0 Å². The lowest BCUT2D eigenvalue weighted by molar-refractivity contribution is 0.191. The molecule has 1 rings (SSSR count). The number of methoxy groups -OCH3 is 2. The summed E-state index contributed by atoms with van der Waals surface area (Å²) in [6, 6.07) is 5.57. The van der Waals surface area contributed by atoms with Crippen LogP contribution in [-0.4, -0.2) is 40.5 Å². The van der Waals surface area contributed by atoms with Crippen molar-refractivity contribution in [3.05, 3.63) is 23.2 Å². The number of halogens is 1. The number of nitrogen functional groups attached to an aromatic ring is 1. The van der Waals surface area contributed by atoms with E-state index in [-0.39, 0.29) is 0 Å². The van der Waals surface area contributed by atoms with Crippen LogP contribution in [0.1, 0.15) is 6.42 Å². The average molecular weight is 273 g/mol. The first-order chi connectivity index (χ1) is 8.69. The molecule has 0 aliphatic rings. The zero-order valence-corrected chi connectivity index (χ0v) is 11.7. The molecule has 102 valence electrons. The molecule has 18 heavy (non-hydrogen) atoms. The second kappa shape index (κ2) is 8.19. The standard InChI is InChI=1S/C13H21ClN2O2/c1-17-8-3-6-16(7-9-18-2)13-5-4-11(14)10-12(13)15/h4-5,10H,3,6-9,15H2,1-2H3. The Kier molecular flexibility index (Phi) is 6.86. The first-order valence-corrected chi connectivity index (χ1v) is 6.34. The van der Waals surface area contributed by atoms with E-state index in [0.29, 0.717) is 17.3 Å². The lowest BCUT2D eigenvalue weighted by atomic mass is 10.2. The molecular weight excluding hydrogens is 252 g/mol. The van der Waals surface area contributed by atoms with Crippen LogP contribution >= 0.6 is 11.6 Å². The zero-order chi connectivity index (χ0) is 13.4. The van der Waals surface area contributed by atoms with E-state index in [2.05, 4.69) is 4.90 Å². The first kappa shape index (κ1) is 15.1. The van der Waals surface area contributed by atoms with Gasteiger partial charge in [-0.1, -0.05) is 11.6 Å². The first-order valence-electron chi connectivity index (χ1n) is 5.97. The summed E-state index contributed by atoms with van der Waals surface area (Å²) >= 11 is 5.91. The summed E-state index contributed by atoms with van der Waals surface area (Å²) in [4.78, 5) is 2.19. The Balaban J connectivity index is 2.73. The Morgan fingerprint density at radius 3 is 2.50 bits per heavy atom. The predicted molar refractivity (Wildman–Crippen MR) is 76.4 cm³/mol. The number of rotatable bonds is 8. The molecule has 0 aromatic heterocycles. The van der Waals surface area contributed by atoms with Crippen LogP contribution in [0, 0.1) is 0 Å². The van der Waals surface area contributed by atoms with E-state index >= 15 is 0 Å². The fourth-order valence-corrected chi connectivity index (χ4v) is 1.95. The van der Waals surface area contributed by atoms with Crippen LogP contribution in [0.4, 0.5) is 11.4 Å². The van der Waals surface area contributed by atoms with Crippen LogP contribution in [0.2, 0.25) is 5.02 Å². The van der Waals surface area contributed by atoms with Gasteiger partial charge in [0.2, 0.25) is 0 Å².